The van der Waals surface area contributed by atoms with Crippen LogP contribution in [-0.2, 0) is 21.4 Å². The first-order valence-electron chi connectivity index (χ1n) is 10.9. The van der Waals surface area contributed by atoms with E-state index in [-0.39, 0.29) is 9.92 Å². The van der Waals surface area contributed by atoms with Gasteiger partial charge in [0.05, 0.1) is 15.5 Å². The highest BCUT2D eigenvalue weighted by molar-refractivity contribution is 7.92. The monoisotopic (exact) mass is 515 g/mol. The van der Waals surface area contributed by atoms with Crippen molar-refractivity contribution in [2.24, 2.45) is 0 Å². The SMILES string of the molecule is CCN(Cc1ccccc1)C(=O)CN(c1ccc(C)cc1C)S(=O)(=O)c1ccc(Cl)c([N+](=O)[O-])c1. The summed E-state index contributed by atoms with van der Waals surface area (Å²) in [6.45, 7) is 5.68. The Kier molecular flexibility index (Phi) is 8.14. The molecule has 0 aliphatic carbocycles. The van der Waals surface area contributed by atoms with E-state index in [9.17, 15) is 23.3 Å². The molecule has 1 amide bonds. The third-order valence-corrected chi connectivity index (χ3v) is 7.63. The first kappa shape index (κ1) is 26.2. The molecule has 0 saturated heterocycles. The summed E-state index contributed by atoms with van der Waals surface area (Å²) in [6.07, 6.45) is 0. The van der Waals surface area contributed by atoms with Gasteiger partial charge in [0.2, 0.25) is 5.91 Å². The second kappa shape index (κ2) is 10.9. The average Bonchev–Trinajstić information content (AvgIpc) is 2.81. The smallest absolute Gasteiger partial charge is 0.289 e. The fourth-order valence-electron chi connectivity index (χ4n) is 3.71. The molecule has 0 aliphatic rings. The maximum Gasteiger partial charge on any atom is 0.289 e. The Balaban J connectivity index is 2.05. The van der Waals surface area contributed by atoms with E-state index in [0.717, 1.165) is 21.5 Å². The summed E-state index contributed by atoms with van der Waals surface area (Å²) >= 11 is 5.89. The Morgan fingerprint density at radius 2 is 1.71 bits per heavy atom. The van der Waals surface area contributed by atoms with Crippen LogP contribution in [0.1, 0.15) is 23.6 Å². The first-order chi connectivity index (χ1) is 16.5. The zero-order chi connectivity index (χ0) is 25.8. The van der Waals surface area contributed by atoms with Crippen LogP contribution in [0.25, 0.3) is 0 Å². The Bertz CT molecular complexity index is 1350. The number of nitro benzene ring substituents is 1. The van der Waals surface area contributed by atoms with Crippen molar-refractivity contribution in [3.05, 3.63) is 98.6 Å². The van der Waals surface area contributed by atoms with Crippen molar-refractivity contribution in [3.63, 3.8) is 0 Å². The number of likely N-dealkylation sites (N-methyl/N-ethyl adjacent to an activating group) is 1. The number of hydrogen-bond donors (Lipinski definition) is 0. The van der Waals surface area contributed by atoms with Crippen LogP contribution in [0.4, 0.5) is 11.4 Å². The van der Waals surface area contributed by atoms with Crippen molar-refractivity contribution in [1.82, 2.24) is 4.90 Å². The van der Waals surface area contributed by atoms with E-state index in [1.54, 1.807) is 24.0 Å². The molecule has 3 aromatic rings. The van der Waals surface area contributed by atoms with E-state index in [1.165, 1.54) is 12.1 Å². The third kappa shape index (κ3) is 5.98. The van der Waals surface area contributed by atoms with Gasteiger partial charge in [-0.3, -0.25) is 19.2 Å². The van der Waals surface area contributed by atoms with Crippen molar-refractivity contribution in [2.45, 2.75) is 32.2 Å². The second-order valence-electron chi connectivity index (χ2n) is 8.07. The number of anilines is 1. The zero-order valence-electron chi connectivity index (χ0n) is 19.6. The zero-order valence-corrected chi connectivity index (χ0v) is 21.2. The maximum absolute atomic E-state index is 13.8. The number of nitro groups is 1. The number of aryl methyl sites for hydroxylation is 2. The Morgan fingerprint density at radius 1 is 1.03 bits per heavy atom. The quantitative estimate of drug-likeness (QED) is 0.291. The summed E-state index contributed by atoms with van der Waals surface area (Å²) in [7, 11) is -4.35. The van der Waals surface area contributed by atoms with Gasteiger partial charge in [0.15, 0.2) is 0 Å². The van der Waals surface area contributed by atoms with Crippen molar-refractivity contribution < 1.29 is 18.1 Å². The highest BCUT2D eigenvalue weighted by Crippen LogP contribution is 2.32. The summed E-state index contributed by atoms with van der Waals surface area (Å²) in [5, 5.41) is 11.2. The summed E-state index contributed by atoms with van der Waals surface area (Å²) in [6, 6.07) is 17.9. The van der Waals surface area contributed by atoms with E-state index in [1.807, 2.05) is 50.2 Å². The van der Waals surface area contributed by atoms with Gasteiger partial charge in [-0.25, -0.2) is 8.42 Å². The third-order valence-electron chi connectivity index (χ3n) is 5.55. The van der Waals surface area contributed by atoms with Crippen LogP contribution in [0, 0.1) is 24.0 Å². The van der Waals surface area contributed by atoms with Gasteiger partial charge >= 0.3 is 0 Å². The molecule has 0 unspecified atom stereocenters. The fourth-order valence-corrected chi connectivity index (χ4v) is 5.39. The Labute approximate surface area is 209 Å². The molecule has 8 nitrogen and oxygen atoms in total. The number of carbonyl (C=O) groups excluding carboxylic acids is 1. The van der Waals surface area contributed by atoms with Crippen molar-refractivity contribution in [3.8, 4) is 0 Å². The number of nitrogens with zero attached hydrogens (tertiary/aromatic N) is 3. The number of sulfonamides is 1. The lowest BCUT2D eigenvalue weighted by Crippen LogP contribution is -2.43. The van der Waals surface area contributed by atoms with Crippen LogP contribution in [0.2, 0.25) is 5.02 Å². The van der Waals surface area contributed by atoms with E-state index in [0.29, 0.717) is 24.3 Å². The number of halogens is 1. The number of hydrogen-bond acceptors (Lipinski definition) is 5. The number of rotatable bonds is 9. The molecule has 0 aromatic heterocycles. The predicted octanol–water partition coefficient (Wildman–Crippen LogP) is 5.11. The molecular weight excluding hydrogens is 490 g/mol. The van der Waals surface area contributed by atoms with Crippen molar-refractivity contribution in [1.29, 1.82) is 0 Å². The van der Waals surface area contributed by atoms with Gasteiger partial charge in [-0.2, -0.15) is 0 Å². The van der Waals surface area contributed by atoms with Gasteiger partial charge in [0.25, 0.3) is 15.7 Å². The molecule has 0 saturated carbocycles. The predicted molar refractivity (Wildman–Crippen MR) is 136 cm³/mol. The lowest BCUT2D eigenvalue weighted by atomic mass is 10.1. The van der Waals surface area contributed by atoms with Crippen LogP contribution in [0.3, 0.4) is 0 Å². The number of carbonyl (C=O) groups is 1. The number of benzene rings is 3. The molecule has 0 radical (unpaired) electrons. The maximum atomic E-state index is 13.8. The van der Waals surface area contributed by atoms with Gasteiger partial charge in [-0.1, -0.05) is 59.6 Å². The van der Waals surface area contributed by atoms with Gasteiger partial charge in [0, 0.05) is 19.2 Å². The largest absolute Gasteiger partial charge is 0.337 e. The van der Waals surface area contributed by atoms with E-state index >= 15 is 0 Å². The van der Waals surface area contributed by atoms with Crippen LogP contribution in [0.5, 0.6) is 0 Å². The molecular formula is C25H26ClN3O5S. The molecule has 0 spiro atoms. The Morgan fingerprint density at radius 3 is 2.31 bits per heavy atom. The van der Waals surface area contributed by atoms with Crippen LogP contribution in [-0.4, -0.2) is 37.2 Å². The van der Waals surface area contributed by atoms with Gasteiger partial charge < -0.3 is 4.90 Å². The molecule has 0 bridgehead atoms. The lowest BCUT2D eigenvalue weighted by Gasteiger charge is -2.29. The first-order valence-corrected chi connectivity index (χ1v) is 12.7. The molecule has 0 N–H and O–H groups in total. The average molecular weight is 516 g/mol. The van der Waals surface area contributed by atoms with Gasteiger partial charge in [-0.05, 0) is 50.1 Å². The second-order valence-corrected chi connectivity index (χ2v) is 10.3. The van der Waals surface area contributed by atoms with Crippen LogP contribution < -0.4 is 4.31 Å². The molecule has 3 aromatic carbocycles. The molecule has 10 heteroatoms. The normalized spacial score (nSPS) is 11.2. The minimum atomic E-state index is -4.35. The lowest BCUT2D eigenvalue weighted by molar-refractivity contribution is -0.384. The minimum absolute atomic E-state index is 0.178. The summed E-state index contributed by atoms with van der Waals surface area (Å²) < 4.78 is 28.5. The molecule has 0 aliphatic heterocycles. The van der Waals surface area contributed by atoms with E-state index < -0.39 is 33.1 Å². The van der Waals surface area contributed by atoms with Crippen LogP contribution in [0.15, 0.2) is 71.6 Å². The number of amides is 1. The van der Waals surface area contributed by atoms with Crippen LogP contribution >= 0.6 is 11.6 Å². The molecule has 3 rings (SSSR count). The molecule has 0 heterocycles. The molecule has 184 valence electrons. The van der Waals surface area contributed by atoms with E-state index in [2.05, 4.69) is 0 Å². The van der Waals surface area contributed by atoms with Crippen molar-refractivity contribution >= 4 is 38.9 Å². The molecule has 35 heavy (non-hydrogen) atoms. The summed E-state index contributed by atoms with van der Waals surface area (Å²) in [4.78, 5) is 25.2. The molecule has 0 atom stereocenters. The Hall–Kier alpha value is -3.43. The van der Waals surface area contributed by atoms with E-state index in [4.69, 9.17) is 11.6 Å². The minimum Gasteiger partial charge on any atom is -0.337 e. The van der Waals surface area contributed by atoms with Gasteiger partial charge in [-0.15, -0.1) is 0 Å². The standard InChI is InChI=1S/C25H26ClN3O5S/c1-4-27(16-20-8-6-5-7-9-20)25(30)17-28(23-13-10-18(2)14-19(23)3)35(33,34)21-11-12-22(26)24(15-21)29(31)32/h5-15H,4,16-17H2,1-3H3. The topological polar surface area (TPSA) is 101 Å². The van der Waals surface area contributed by atoms with Gasteiger partial charge in [0.1, 0.15) is 11.6 Å². The highest BCUT2D eigenvalue weighted by atomic mass is 35.5. The summed E-state index contributed by atoms with van der Waals surface area (Å²) in [5.74, 6) is -0.400. The molecule has 0 fully saturated rings. The highest BCUT2D eigenvalue weighted by Gasteiger charge is 2.31. The summed E-state index contributed by atoms with van der Waals surface area (Å²) in [5.41, 5.74) is 2.28. The van der Waals surface area contributed by atoms with Crippen molar-refractivity contribution in [2.75, 3.05) is 17.4 Å². The fraction of sp³-hybridized carbons (Fsp3) is 0.240.